The summed E-state index contributed by atoms with van der Waals surface area (Å²) in [6.07, 6.45) is 3.48. The number of nitrogens with zero attached hydrogens (tertiary/aromatic N) is 4. The number of anilines is 2. The lowest BCUT2D eigenvalue weighted by molar-refractivity contribution is 0.277. The zero-order chi connectivity index (χ0) is 27.6. The average Bonchev–Trinajstić information content (AvgIpc) is 2.86. The average molecular weight is 542 g/mol. The minimum Gasteiger partial charge on any atom is -0.395 e. The highest BCUT2D eigenvalue weighted by molar-refractivity contribution is 7.89. The van der Waals surface area contributed by atoms with E-state index in [1.165, 1.54) is 0 Å². The number of hydrogen-bond donors (Lipinski definition) is 4. The maximum atomic E-state index is 12.5. The Labute approximate surface area is 224 Å². The molecule has 1 atom stereocenters. The van der Waals surface area contributed by atoms with Crippen molar-refractivity contribution in [1.82, 2.24) is 15.0 Å². The van der Waals surface area contributed by atoms with E-state index in [9.17, 15) is 13.5 Å². The van der Waals surface area contributed by atoms with Crippen LogP contribution in [0.1, 0.15) is 68.4 Å². The number of sulfonamides is 1. The highest BCUT2D eigenvalue weighted by atomic mass is 32.2. The maximum absolute atomic E-state index is 12.5. The summed E-state index contributed by atoms with van der Waals surface area (Å²) in [5.41, 5.74) is 8.51. The van der Waals surface area contributed by atoms with Crippen LogP contribution in [0.4, 0.5) is 11.9 Å². The molecule has 1 fully saturated rings. The van der Waals surface area contributed by atoms with E-state index in [-0.39, 0.29) is 35.4 Å². The number of benzene rings is 2. The van der Waals surface area contributed by atoms with E-state index < -0.39 is 10.0 Å². The Bertz CT molecular complexity index is 1390. The van der Waals surface area contributed by atoms with E-state index in [0.29, 0.717) is 29.7 Å². The Hall–Kier alpha value is -2.86. The third-order valence-corrected chi connectivity index (χ3v) is 8.52. The maximum Gasteiger partial charge on any atom is 0.238 e. The highest BCUT2D eigenvalue weighted by Crippen LogP contribution is 2.43. The normalized spacial score (nSPS) is 19.1. The molecular weight excluding hydrogens is 502 g/mol. The van der Waals surface area contributed by atoms with Gasteiger partial charge in [0.1, 0.15) is 0 Å². The summed E-state index contributed by atoms with van der Waals surface area (Å²) in [5.74, 6) is 1.86. The number of likely N-dealkylation sites (N-methyl/N-ethyl adjacent to an activating group) is 1. The first-order chi connectivity index (χ1) is 18.0. The van der Waals surface area contributed by atoms with E-state index in [2.05, 4.69) is 26.3 Å². The predicted molar refractivity (Wildman–Crippen MR) is 151 cm³/mol. The quantitative estimate of drug-likeness (QED) is 0.319. The van der Waals surface area contributed by atoms with Gasteiger partial charge in [-0.15, -0.1) is 0 Å². The van der Waals surface area contributed by atoms with Gasteiger partial charge in [-0.05, 0) is 74.8 Å². The molecule has 1 heterocycles. The van der Waals surface area contributed by atoms with Crippen LogP contribution in [0.2, 0.25) is 0 Å². The fourth-order valence-electron chi connectivity index (χ4n) is 5.50. The molecule has 3 aromatic rings. The molecule has 0 amide bonds. The molecule has 1 aliphatic rings. The molecule has 0 spiro atoms. The van der Waals surface area contributed by atoms with Crippen LogP contribution in [0.3, 0.4) is 0 Å². The molecule has 1 aliphatic carbocycles. The van der Waals surface area contributed by atoms with Crippen LogP contribution in [0.25, 0.3) is 10.8 Å². The lowest BCUT2D eigenvalue weighted by Gasteiger charge is -2.33. The zero-order valence-electron chi connectivity index (χ0n) is 22.6. The van der Waals surface area contributed by atoms with Crippen LogP contribution in [-0.2, 0) is 10.0 Å². The Morgan fingerprint density at radius 2 is 1.82 bits per heavy atom. The first-order valence-corrected chi connectivity index (χ1v) is 14.7. The fourth-order valence-corrected chi connectivity index (χ4v) is 6.54. The number of hydrogen-bond acceptors (Lipinski definition) is 9. The number of nitrogens with one attached hydrogen (secondary N) is 1. The summed E-state index contributed by atoms with van der Waals surface area (Å²) < 4.78 is 25.1. The molecule has 2 aromatic carbocycles. The minimum absolute atomic E-state index is 0.0120. The van der Waals surface area contributed by atoms with E-state index >= 15 is 0 Å². The topological polar surface area (TPSA) is 160 Å². The highest BCUT2D eigenvalue weighted by Gasteiger charge is 2.31. The van der Waals surface area contributed by atoms with Gasteiger partial charge in [0.05, 0.1) is 17.5 Å². The lowest BCUT2D eigenvalue weighted by Crippen LogP contribution is -2.30. The Morgan fingerprint density at radius 3 is 2.45 bits per heavy atom. The number of fused-ring (bicyclic) bond motifs is 1. The van der Waals surface area contributed by atoms with Crippen LogP contribution in [0.15, 0.2) is 35.2 Å². The molecule has 1 aromatic heterocycles. The summed E-state index contributed by atoms with van der Waals surface area (Å²) in [4.78, 5) is 15.8. The molecule has 0 aliphatic heterocycles. The largest absolute Gasteiger partial charge is 0.395 e. The van der Waals surface area contributed by atoms with Crippen molar-refractivity contribution in [2.24, 2.45) is 16.8 Å². The summed E-state index contributed by atoms with van der Waals surface area (Å²) >= 11 is 0. The van der Waals surface area contributed by atoms with Gasteiger partial charge in [0.25, 0.3) is 0 Å². The summed E-state index contributed by atoms with van der Waals surface area (Å²) in [7, 11) is -2.05. The third kappa shape index (κ3) is 6.06. The van der Waals surface area contributed by atoms with Gasteiger partial charge >= 0.3 is 0 Å². The van der Waals surface area contributed by atoms with Gasteiger partial charge in [-0.2, -0.15) is 15.0 Å². The van der Waals surface area contributed by atoms with E-state index in [1.54, 1.807) is 4.90 Å². The second-order valence-corrected chi connectivity index (χ2v) is 12.1. The zero-order valence-corrected chi connectivity index (χ0v) is 23.4. The van der Waals surface area contributed by atoms with E-state index in [1.807, 2.05) is 52.1 Å². The summed E-state index contributed by atoms with van der Waals surface area (Å²) in [6.45, 7) is 6.27. The van der Waals surface area contributed by atoms with Crippen LogP contribution in [-0.4, -0.2) is 54.7 Å². The van der Waals surface area contributed by atoms with Crippen molar-refractivity contribution in [2.75, 3.05) is 30.4 Å². The van der Waals surface area contributed by atoms with Crippen molar-refractivity contribution in [1.29, 1.82) is 0 Å². The third-order valence-electron chi connectivity index (χ3n) is 7.43. The Balaban J connectivity index is 1.58. The SMILES string of the molecule is Cc1c(C2CCC(C(N)c3nc(NC(C)C)nc(N(C)CCO)n3)CC2)cc2ccccc2c1S(N)(=O)=O. The van der Waals surface area contributed by atoms with Crippen LogP contribution >= 0.6 is 0 Å². The van der Waals surface area contributed by atoms with Gasteiger partial charge in [-0.1, -0.05) is 30.3 Å². The standard InChI is InChI=1S/C27H39N7O3S/c1-16(2)30-26-31-25(32-27(33-26)34(4)13-14-35)23(28)19-11-9-18(10-12-19)22-15-20-7-5-6-8-21(20)24(17(22)3)38(29,36)37/h5-8,15-16,18-19,23,35H,9-14,28H2,1-4H3,(H2,29,36,37)(H,30,31,32,33). The van der Waals surface area contributed by atoms with Crippen molar-refractivity contribution in [2.45, 2.75) is 69.4 Å². The molecule has 11 heteroatoms. The van der Waals surface area contributed by atoms with Crippen LogP contribution < -0.4 is 21.1 Å². The molecule has 0 radical (unpaired) electrons. The lowest BCUT2D eigenvalue weighted by atomic mass is 9.74. The number of nitrogens with two attached hydrogens (primary N) is 2. The molecule has 1 saturated carbocycles. The molecule has 4 rings (SSSR count). The molecule has 206 valence electrons. The molecule has 6 N–H and O–H groups in total. The van der Waals surface area contributed by atoms with E-state index in [0.717, 1.165) is 42.2 Å². The fraction of sp³-hybridized carbons (Fsp3) is 0.519. The molecule has 0 bridgehead atoms. The number of rotatable bonds is 9. The Morgan fingerprint density at radius 1 is 1.13 bits per heavy atom. The monoisotopic (exact) mass is 541 g/mol. The first kappa shape index (κ1) is 28.2. The van der Waals surface area contributed by atoms with Gasteiger partial charge < -0.3 is 21.1 Å². The molecule has 38 heavy (non-hydrogen) atoms. The number of aliphatic hydroxyl groups is 1. The number of aliphatic hydroxyl groups excluding tert-OH is 1. The Kier molecular flexibility index (Phi) is 8.51. The van der Waals surface area contributed by atoms with Crippen molar-refractivity contribution in [3.05, 3.63) is 47.3 Å². The number of aromatic nitrogens is 3. The number of primary sulfonamides is 1. The van der Waals surface area contributed by atoms with Gasteiger partial charge in [0.2, 0.25) is 21.9 Å². The first-order valence-electron chi connectivity index (χ1n) is 13.1. The van der Waals surface area contributed by atoms with Crippen LogP contribution in [0, 0.1) is 12.8 Å². The van der Waals surface area contributed by atoms with Gasteiger partial charge in [-0.25, -0.2) is 13.6 Å². The van der Waals surface area contributed by atoms with Crippen molar-refractivity contribution in [3.63, 3.8) is 0 Å². The molecule has 1 unspecified atom stereocenters. The minimum atomic E-state index is -3.88. The van der Waals surface area contributed by atoms with Crippen molar-refractivity contribution < 1.29 is 13.5 Å². The van der Waals surface area contributed by atoms with Crippen molar-refractivity contribution >= 4 is 32.7 Å². The molecular formula is C27H39N7O3S. The smallest absolute Gasteiger partial charge is 0.238 e. The second-order valence-electron chi connectivity index (χ2n) is 10.6. The molecule has 0 saturated heterocycles. The van der Waals surface area contributed by atoms with Gasteiger partial charge in [0.15, 0.2) is 5.82 Å². The summed E-state index contributed by atoms with van der Waals surface area (Å²) in [6, 6.07) is 9.37. The molecule has 10 nitrogen and oxygen atoms in total. The van der Waals surface area contributed by atoms with Gasteiger partial charge in [-0.3, -0.25) is 0 Å². The second kappa shape index (κ2) is 11.5. The van der Waals surface area contributed by atoms with Crippen molar-refractivity contribution in [3.8, 4) is 0 Å². The van der Waals surface area contributed by atoms with Crippen LogP contribution in [0.5, 0.6) is 0 Å². The predicted octanol–water partition coefficient (Wildman–Crippen LogP) is 3.20. The van der Waals surface area contributed by atoms with Gasteiger partial charge in [0, 0.05) is 25.0 Å². The summed E-state index contributed by atoms with van der Waals surface area (Å²) in [5, 5.41) is 19.8. The van der Waals surface area contributed by atoms with E-state index in [4.69, 9.17) is 10.9 Å².